The molecule has 0 fully saturated rings. The van der Waals surface area contributed by atoms with E-state index in [1.54, 1.807) is 30.3 Å². The summed E-state index contributed by atoms with van der Waals surface area (Å²) in [6.07, 6.45) is 0.114. The minimum absolute atomic E-state index is 0.0108. The second-order valence-electron chi connectivity index (χ2n) is 7.42. The van der Waals surface area contributed by atoms with E-state index in [0.29, 0.717) is 35.3 Å². The van der Waals surface area contributed by atoms with E-state index in [9.17, 15) is 14.4 Å². The van der Waals surface area contributed by atoms with Crippen LogP contribution in [0.4, 0.5) is 5.82 Å². The SMILES string of the molecule is CCOc1ccc(C(=O)c2ccccc2C(=O)OC(C)C(=O)Nc2ncc(Cl)cc2Cl)cc1OCC. The van der Waals surface area contributed by atoms with Gasteiger partial charge in [0.2, 0.25) is 0 Å². The normalized spacial score (nSPS) is 11.4. The number of nitrogens with zero attached hydrogens (tertiary/aromatic N) is 1. The zero-order valence-corrected chi connectivity index (χ0v) is 21.4. The lowest BCUT2D eigenvalue weighted by Crippen LogP contribution is -2.30. The van der Waals surface area contributed by atoms with Gasteiger partial charge in [0.25, 0.3) is 5.91 Å². The van der Waals surface area contributed by atoms with Gasteiger partial charge >= 0.3 is 5.97 Å². The molecule has 8 nitrogen and oxygen atoms in total. The number of ether oxygens (including phenoxy) is 3. The van der Waals surface area contributed by atoms with E-state index in [2.05, 4.69) is 10.3 Å². The van der Waals surface area contributed by atoms with E-state index in [4.69, 9.17) is 37.4 Å². The fraction of sp³-hybridized carbons (Fsp3) is 0.231. The summed E-state index contributed by atoms with van der Waals surface area (Å²) in [5, 5.41) is 2.92. The second-order valence-corrected chi connectivity index (χ2v) is 8.27. The van der Waals surface area contributed by atoms with E-state index < -0.39 is 23.8 Å². The third-order valence-electron chi connectivity index (χ3n) is 4.90. The van der Waals surface area contributed by atoms with Crippen molar-refractivity contribution in [1.82, 2.24) is 4.98 Å². The van der Waals surface area contributed by atoms with Gasteiger partial charge in [-0.15, -0.1) is 0 Å². The number of hydrogen-bond donors (Lipinski definition) is 1. The monoisotopic (exact) mass is 530 g/mol. The van der Waals surface area contributed by atoms with Gasteiger partial charge in [-0.3, -0.25) is 9.59 Å². The van der Waals surface area contributed by atoms with E-state index >= 15 is 0 Å². The van der Waals surface area contributed by atoms with Crippen LogP contribution in [0, 0.1) is 0 Å². The van der Waals surface area contributed by atoms with E-state index in [0.717, 1.165) is 0 Å². The predicted molar refractivity (Wildman–Crippen MR) is 136 cm³/mol. The van der Waals surface area contributed by atoms with E-state index in [1.807, 2.05) is 13.8 Å². The van der Waals surface area contributed by atoms with Crippen molar-refractivity contribution < 1.29 is 28.6 Å². The highest BCUT2D eigenvalue weighted by Crippen LogP contribution is 2.30. The highest BCUT2D eigenvalue weighted by Gasteiger charge is 2.25. The first-order valence-corrected chi connectivity index (χ1v) is 11.9. The summed E-state index contributed by atoms with van der Waals surface area (Å²) in [7, 11) is 0. The summed E-state index contributed by atoms with van der Waals surface area (Å²) in [6, 6.07) is 12.4. The number of carbonyl (C=O) groups is 3. The number of rotatable bonds is 10. The quantitative estimate of drug-likeness (QED) is 0.268. The molecule has 0 radical (unpaired) electrons. The minimum atomic E-state index is -1.20. The number of amides is 1. The van der Waals surface area contributed by atoms with Crippen LogP contribution in [0.1, 0.15) is 47.1 Å². The fourth-order valence-electron chi connectivity index (χ4n) is 3.21. The number of ketones is 1. The minimum Gasteiger partial charge on any atom is -0.490 e. The van der Waals surface area contributed by atoms with Crippen molar-refractivity contribution in [2.75, 3.05) is 18.5 Å². The van der Waals surface area contributed by atoms with Crippen LogP contribution in [-0.4, -0.2) is 42.0 Å². The number of carbonyl (C=O) groups excluding carboxylic acids is 3. The van der Waals surface area contributed by atoms with Crippen molar-refractivity contribution in [3.8, 4) is 11.5 Å². The van der Waals surface area contributed by atoms with Crippen LogP contribution in [0.5, 0.6) is 11.5 Å². The van der Waals surface area contributed by atoms with Crippen molar-refractivity contribution >= 4 is 46.7 Å². The first-order chi connectivity index (χ1) is 17.2. The average Bonchev–Trinajstić information content (AvgIpc) is 2.86. The molecule has 3 aromatic rings. The molecule has 0 saturated carbocycles. The summed E-state index contributed by atoms with van der Waals surface area (Å²) in [5.74, 6) is -0.904. The molecule has 1 heterocycles. The molecular weight excluding hydrogens is 507 g/mol. The Morgan fingerprint density at radius 1 is 0.944 bits per heavy atom. The van der Waals surface area contributed by atoms with Gasteiger partial charge in [0.05, 0.1) is 28.8 Å². The Kier molecular flexibility index (Phi) is 9.27. The summed E-state index contributed by atoms with van der Waals surface area (Å²) >= 11 is 11.8. The third-order valence-corrected chi connectivity index (χ3v) is 5.39. The van der Waals surface area contributed by atoms with Gasteiger partial charge in [-0.25, -0.2) is 9.78 Å². The molecule has 1 amide bonds. The smallest absolute Gasteiger partial charge is 0.339 e. The largest absolute Gasteiger partial charge is 0.490 e. The summed E-state index contributed by atoms with van der Waals surface area (Å²) in [4.78, 5) is 42.7. The van der Waals surface area contributed by atoms with E-state index in [-0.39, 0.29) is 22.0 Å². The van der Waals surface area contributed by atoms with Gasteiger partial charge in [-0.2, -0.15) is 0 Å². The maximum Gasteiger partial charge on any atom is 0.339 e. The van der Waals surface area contributed by atoms with Crippen LogP contribution >= 0.6 is 23.2 Å². The molecule has 1 N–H and O–H groups in total. The Balaban J connectivity index is 1.79. The van der Waals surface area contributed by atoms with Crippen molar-refractivity contribution in [2.45, 2.75) is 26.9 Å². The number of esters is 1. The average molecular weight is 531 g/mol. The summed E-state index contributed by atoms with van der Waals surface area (Å²) in [6.45, 7) is 5.88. The van der Waals surface area contributed by atoms with Crippen molar-refractivity contribution in [1.29, 1.82) is 0 Å². The molecule has 2 aromatic carbocycles. The van der Waals surface area contributed by atoms with Crippen LogP contribution < -0.4 is 14.8 Å². The Bertz CT molecular complexity index is 1280. The van der Waals surface area contributed by atoms with Gasteiger partial charge in [-0.05, 0) is 51.1 Å². The lowest BCUT2D eigenvalue weighted by atomic mass is 9.98. The van der Waals surface area contributed by atoms with Crippen LogP contribution in [-0.2, 0) is 9.53 Å². The molecular formula is C26H24Cl2N2O6. The summed E-state index contributed by atoms with van der Waals surface area (Å²) in [5.41, 5.74) is 0.428. The Hall–Kier alpha value is -3.62. The Morgan fingerprint density at radius 2 is 1.61 bits per heavy atom. The zero-order valence-electron chi connectivity index (χ0n) is 19.8. The predicted octanol–water partition coefficient (Wildman–Crippen LogP) is 5.60. The highest BCUT2D eigenvalue weighted by molar-refractivity contribution is 6.36. The molecule has 36 heavy (non-hydrogen) atoms. The lowest BCUT2D eigenvalue weighted by Gasteiger charge is -2.15. The highest BCUT2D eigenvalue weighted by atomic mass is 35.5. The molecule has 0 aliphatic rings. The molecule has 188 valence electrons. The fourth-order valence-corrected chi connectivity index (χ4v) is 3.64. The van der Waals surface area contributed by atoms with Crippen molar-refractivity contribution in [3.05, 3.63) is 81.5 Å². The Labute approximate surface area is 218 Å². The third kappa shape index (κ3) is 6.53. The molecule has 3 rings (SSSR count). The number of aromatic nitrogens is 1. The first kappa shape index (κ1) is 27.0. The zero-order chi connectivity index (χ0) is 26.2. The Morgan fingerprint density at radius 3 is 2.28 bits per heavy atom. The molecule has 10 heteroatoms. The van der Waals surface area contributed by atoms with Crippen molar-refractivity contribution in [3.63, 3.8) is 0 Å². The van der Waals surface area contributed by atoms with Crippen molar-refractivity contribution in [2.24, 2.45) is 0 Å². The first-order valence-electron chi connectivity index (χ1n) is 11.1. The number of hydrogen-bond acceptors (Lipinski definition) is 7. The van der Waals surface area contributed by atoms with Gasteiger partial charge in [-0.1, -0.05) is 41.4 Å². The number of nitrogens with one attached hydrogen (secondary N) is 1. The van der Waals surface area contributed by atoms with Crippen LogP contribution in [0.15, 0.2) is 54.7 Å². The molecule has 0 bridgehead atoms. The number of pyridine rings is 1. The standard InChI is InChI=1S/C26H24Cl2N2O6/c1-4-34-21-11-10-16(12-22(21)35-5-2)23(31)18-8-6-7-9-19(18)26(33)36-15(3)25(32)30-24-20(28)13-17(27)14-29-24/h6-15H,4-5H2,1-3H3,(H,29,30,32). The molecule has 1 aromatic heterocycles. The van der Waals surface area contributed by atoms with Gasteiger partial charge in [0.15, 0.2) is 29.2 Å². The molecule has 1 unspecified atom stereocenters. The van der Waals surface area contributed by atoms with Crippen LogP contribution in [0.2, 0.25) is 10.0 Å². The lowest BCUT2D eigenvalue weighted by molar-refractivity contribution is -0.123. The summed E-state index contributed by atoms with van der Waals surface area (Å²) < 4.78 is 16.5. The number of anilines is 1. The molecule has 1 atom stereocenters. The van der Waals surface area contributed by atoms with Gasteiger partial charge in [0, 0.05) is 17.3 Å². The molecule has 0 aliphatic heterocycles. The van der Waals surface area contributed by atoms with Crippen LogP contribution in [0.25, 0.3) is 0 Å². The van der Waals surface area contributed by atoms with Crippen LogP contribution in [0.3, 0.4) is 0 Å². The van der Waals surface area contributed by atoms with Gasteiger partial charge in [0.1, 0.15) is 0 Å². The number of benzene rings is 2. The maximum absolute atomic E-state index is 13.3. The second kappa shape index (κ2) is 12.4. The van der Waals surface area contributed by atoms with E-state index in [1.165, 1.54) is 31.3 Å². The van der Waals surface area contributed by atoms with Gasteiger partial charge < -0.3 is 19.5 Å². The topological polar surface area (TPSA) is 104 Å². The molecule has 0 aliphatic carbocycles. The maximum atomic E-state index is 13.3. The molecule has 0 spiro atoms. The number of halogens is 2. The molecule has 0 saturated heterocycles.